The predicted molar refractivity (Wildman–Crippen MR) is 122 cm³/mol. The summed E-state index contributed by atoms with van der Waals surface area (Å²) in [7, 11) is 0. The summed E-state index contributed by atoms with van der Waals surface area (Å²) in [6.45, 7) is 7.21. The number of anilines is 3. The molecule has 3 N–H and O–H groups in total. The lowest BCUT2D eigenvalue weighted by atomic mass is 10.0. The minimum Gasteiger partial charge on any atom is -0.399 e. The topological polar surface area (TPSA) is 76.3 Å². The Kier molecular flexibility index (Phi) is 5.14. The van der Waals surface area contributed by atoms with Crippen LogP contribution in [0, 0.1) is 12.7 Å². The zero-order chi connectivity index (χ0) is 21.5. The van der Waals surface area contributed by atoms with E-state index >= 15 is 0 Å². The first-order valence-electron chi connectivity index (χ1n) is 11.0. The van der Waals surface area contributed by atoms with E-state index in [0.717, 1.165) is 73.7 Å². The van der Waals surface area contributed by atoms with Crippen molar-refractivity contribution in [2.75, 3.05) is 42.3 Å². The second kappa shape index (κ2) is 7.96. The van der Waals surface area contributed by atoms with Gasteiger partial charge in [-0.2, -0.15) is 0 Å². The van der Waals surface area contributed by atoms with Gasteiger partial charge in [-0.1, -0.05) is 0 Å². The number of rotatable bonds is 4. The van der Waals surface area contributed by atoms with Gasteiger partial charge in [0.15, 0.2) is 0 Å². The standard InChI is InChI=1S/C24H28FN5O/c1-14(16-10-17(25)12-18(26)11-16)27-24-21-13-22(30-6-8-31-9-7-30)19-4-3-5-20(19)23(21)28-15(2)29-24/h10-14H,3-9,26H2,1-2H3,(H,27,28,29). The van der Waals surface area contributed by atoms with E-state index in [2.05, 4.69) is 16.3 Å². The van der Waals surface area contributed by atoms with Gasteiger partial charge in [-0.05, 0) is 74.1 Å². The van der Waals surface area contributed by atoms with Crippen molar-refractivity contribution in [1.82, 2.24) is 9.97 Å². The Morgan fingerprint density at radius 3 is 2.65 bits per heavy atom. The van der Waals surface area contributed by atoms with Crippen molar-refractivity contribution in [3.63, 3.8) is 0 Å². The van der Waals surface area contributed by atoms with Crippen LogP contribution in [-0.4, -0.2) is 36.3 Å². The van der Waals surface area contributed by atoms with Crippen LogP contribution in [0.1, 0.15) is 41.9 Å². The Morgan fingerprint density at radius 1 is 1.10 bits per heavy atom. The number of nitrogens with two attached hydrogens (primary N) is 1. The Balaban J connectivity index is 1.61. The number of halogens is 1. The first-order chi connectivity index (χ1) is 15.0. The van der Waals surface area contributed by atoms with E-state index in [1.54, 1.807) is 6.07 Å². The minimum atomic E-state index is -0.334. The maximum absolute atomic E-state index is 13.9. The van der Waals surface area contributed by atoms with Crippen molar-refractivity contribution >= 4 is 28.1 Å². The van der Waals surface area contributed by atoms with Gasteiger partial charge in [-0.15, -0.1) is 0 Å². The molecule has 2 aromatic carbocycles. The molecule has 0 spiro atoms. The molecule has 3 aromatic rings. The highest BCUT2D eigenvalue weighted by atomic mass is 19.1. The van der Waals surface area contributed by atoms with E-state index in [1.165, 1.54) is 28.9 Å². The molecule has 0 amide bonds. The van der Waals surface area contributed by atoms with Crippen LogP contribution in [0.5, 0.6) is 0 Å². The van der Waals surface area contributed by atoms with Crippen LogP contribution in [-0.2, 0) is 17.6 Å². The fourth-order valence-corrected chi connectivity index (χ4v) is 4.83. The lowest BCUT2D eigenvalue weighted by Crippen LogP contribution is -2.36. The van der Waals surface area contributed by atoms with Crippen LogP contribution in [0.25, 0.3) is 10.9 Å². The molecule has 1 atom stereocenters. The lowest BCUT2D eigenvalue weighted by Gasteiger charge is -2.31. The molecule has 31 heavy (non-hydrogen) atoms. The van der Waals surface area contributed by atoms with E-state index < -0.39 is 0 Å². The summed E-state index contributed by atoms with van der Waals surface area (Å²) in [6.07, 6.45) is 3.27. The van der Waals surface area contributed by atoms with Gasteiger partial charge in [0, 0.05) is 29.9 Å². The van der Waals surface area contributed by atoms with Gasteiger partial charge in [-0.25, -0.2) is 14.4 Å². The molecule has 1 aliphatic carbocycles. The quantitative estimate of drug-likeness (QED) is 0.616. The smallest absolute Gasteiger partial charge is 0.138 e. The number of morpholine rings is 1. The Hall–Kier alpha value is -2.93. The zero-order valence-corrected chi connectivity index (χ0v) is 18.0. The Bertz CT molecular complexity index is 1120. The molecule has 162 valence electrons. The van der Waals surface area contributed by atoms with Crippen molar-refractivity contribution in [2.24, 2.45) is 0 Å². The molecule has 1 unspecified atom stereocenters. The number of fused-ring (bicyclic) bond motifs is 3. The number of benzene rings is 2. The molecule has 1 aromatic heterocycles. The van der Waals surface area contributed by atoms with Crippen LogP contribution >= 0.6 is 0 Å². The predicted octanol–water partition coefficient (Wildman–Crippen LogP) is 4.16. The summed E-state index contributed by atoms with van der Waals surface area (Å²) in [5, 5.41) is 4.52. The molecule has 6 nitrogen and oxygen atoms in total. The highest BCUT2D eigenvalue weighted by Gasteiger charge is 2.25. The molecule has 1 saturated heterocycles. The lowest BCUT2D eigenvalue weighted by molar-refractivity contribution is 0.122. The summed E-state index contributed by atoms with van der Waals surface area (Å²) in [5.74, 6) is 1.18. The van der Waals surface area contributed by atoms with Gasteiger partial charge in [0.1, 0.15) is 17.5 Å². The maximum Gasteiger partial charge on any atom is 0.138 e. The van der Waals surface area contributed by atoms with Crippen LogP contribution in [0.2, 0.25) is 0 Å². The Labute approximate surface area is 181 Å². The second-order valence-corrected chi connectivity index (χ2v) is 8.51. The third kappa shape index (κ3) is 3.78. The van der Waals surface area contributed by atoms with Gasteiger partial charge in [0.25, 0.3) is 0 Å². The number of hydrogen-bond donors (Lipinski definition) is 2. The van der Waals surface area contributed by atoms with Crippen molar-refractivity contribution in [3.05, 3.63) is 52.6 Å². The fraction of sp³-hybridized carbons (Fsp3) is 0.417. The molecule has 1 fully saturated rings. The summed E-state index contributed by atoms with van der Waals surface area (Å²) in [4.78, 5) is 12.0. The van der Waals surface area contributed by atoms with E-state index in [1.807, 2.05) is 13.8 Å². The van der Waals surface area contributed by atoms with Crippen molar-refractivity contribution in [1.29, 1.82) is 0 Å². The molecular formula is C24H28FN5O. The van der Waals surface area contributed by atoms with Crippen LogP contribution in [0.4, 0.5) is 21.6 Å². The summed E-state index contributed by atoms with van der Waals surface area (Å²) >= 11 is 0. The zero-order valence-electron chi connectivity index (χ0n) is 18.0. The van der Waals surface area contributed by atoms with E-state index in [4.69, 9.17) is 20.4 Å². The molecular weight excluding hydrogens is 393 g/mol. The van der Waals surface area contributed by atoms with Gasteiger partial charge in [0.05, 0.1) is 24.8 Å². The third-order valence-corrected chi connectivity index (χ3v) is 6.30. The highest BCUT2D eigenvalue weighted by molar-refractivity contribution is 5.96. The van der Waals surface area contributed by atoms with Gasteiger partial charge in [0.2, 0.25) is 0 Å². The minimum absolute atomic E-state index is 0.157. The van der Waals surface area contributed by atoms with Crippen molar-refractivity contribution in [3.8, 4) is 0 Å². The SMILES string of the molecule is Cc1nc(NC(C)c2cc(N)cc(F)c2)c2cc(N3CCOCC3)c3c(c2n1)CCC3. The van der Waals surface area contributed by atoms with Gasteiger partial charge < -0.3 is 20.7 Å². The maximum atomic E-state index is 13.9. The first-order valence-corrected chi connectivity index (χ1v) is 11.0. The summed E-state index contributed by atoms with van der Waals surface area (Å²) in [6, 6.07) is 6.72. The number of hydrogen-bond acceptors (Lipinski definition) is 6. The summed E-state index contributed by atoms with van der Waals surface area (Å²) < 4.78 is 19.5. The molecule has 2 aliphatic rings. The molecule has 5 rings (SSSR count). The number of aryl methyl sites for hydroxylation is 2. The first kappa shape index (κ1) is 20.0. The molecule has 2 heterocycles. The van der Waals surface area contributed by atoms with Crippen molar-refractivity contribution < 1.29 is 9.13 Å². The van der Waals surface area contributed by atoms with E-state index in [0.29, 0.717) is 5.69 Å². The second-order valence-electron chi connectivity index (χ2n) is 8.51. The number of nitrogens with zero attached hydrogens (tertiary/aromatic N) is 3. The largest absolute Gasteiger partial charge is 0.399 e. The average molecular weight is 422 g/mol. The van der Waals surface area contributed by atoms with E-state index in [9.17, 15) is 4.39 Å². The van der Waals surface area contributed by atoms with Gasteiger partial charge in [-0.3, -0.25) is 0 Å². The average Bonchev–Trinajstić information content (AvgIpc) is 3.23. The van der Waals surface area contributed by atoms with Crippen molar-refractivity contribution in [2.45, 2.75) is 39.2 Å². The fourth-order valence-electron chi connectivity index (χ4n) is 4.83. The van der Waals surface area contributed by atoms with Gasteiger partial charge >= 0.3 is 0 Å². The molecule has 7 heteroatoms. The highest BCUT2D eigenvalue weighted by Crippen LogP contribution is 2.39. The van der Waals surface area contributed by atoms with E-state index in [-0.39, 0.29) is 11.9 Å². The number of nitrogens with one attached hydrogen (secondary N) is 1. The number of nitrogen functional groups attached to an aromatic ring is 1. The summed E-state index contributed by atoms with van der Waals surface area (Å²) in [5.41, 5.74) is 12.1. The molecule has 1 aliphatic heterocycles. The molecule has 0 radical (unpaired) electrons. The molecule has 0 bridgehead atoms. The van der Waals surface area contributed by atoms with Crippen LogP contribution in [0.15, 0.2) is 24.3 Å². The number of aromatic nitrogens is 2. The Morgan fingerprint density at radius 2 is 1.87 bits per heavy atom. The molecule has 0 saturated carbocycles. The normalized spacial score (nSPS) is 17.1. The van der Waals surface area contributed by atoms with Crippen LogP contribution in [0.3, 0.4) is 0 Å². The number of ether oxygens (including phenoxy) is 1. The van der Waals surface area contributed by atoms with Crippen LogP contribution < -0.4 is 16.0 Å². The monoisotopic (exact) mass is 421 g/mol. The third-order valence-electron chi connectivity index (χ3n) is 6.30.